The van der Waals surface area contributed by atoms with Crippen LogP contribution < -0.4 is 5.32 Å². The second kappa shape index (κ2) is 5.22. The average Bonchev–Trinajstić information content (AvgIpc) is 2.96. The molecule has 0 bridgehead atoms. The lowest BCUT2D eigenvalue weighted by Crippen LogP contribution is -2.19. The van der Waals surface area contributed by atoms with Crippen LogP contribution in [0.1, 0.15) is 18.4 Å². The van der Waals surface area contributed by atoms with Crippen LogP contribution in [0, 0.1) is 0 Å². The summed E-state index contributed by atoms with van der Waals surface area (Å²) in [6.07, 6.45) is -0.302. The van der Waals surface area contributed by atoms with Crippen LogP contribution in [0.3, 0.4) is 0 Å². The Hall–Kier alpha value is -1.53. The summed E-state index contributed by atoms with van der Waals surface area (Å²) in [7, 11) is 0. The lowest BCUT2D eigenvalue weighted by atomic mass is 10.2. The highest BCUT2D eigenvalue weighted by Gasteiger charge is 2.42. The van der Waals surface area contributed by atoms with E-state index >= 15 is 0 Å². The fourth-order valence-corrected chi connectivity index (χ4v) is 1.97. The van der Waals surface area contributed by atoms with Gasteiger partial charge in [-0.15, -0.1) is 12.4 Å². The Labute approximate surface area is 114 Å². The Morgan fingerprint density at radius 1 is 1.26 bits per heavy atom. The molecule has 0 aliphatic carbocycles. The molecule has 0 amide bonds. The molecule has 1 aliphatic heterocycles. The highest BCUT2D eigenvalue weighted by atomic mass is 35.5. The predicted molar refractivity (Wildman–Crippen MR) is 67.3 cm³/mol. The molecule has 19 heavy (non-hydrogen) atoms. The number of nitrogens with one attached hydrogen (secondary N) is 1. The van der Waals surface area contributed by atoms with Crippen molar-refractivity contribution >= 4 is 12.4 Å². The number of rotatable bonds is 2. The standard InChI is InChI=1S/C12H11F2N3O.ClH/c13-12(14)6-9(15-7-12)11-16-10(17-18-11)8-4-2-1-3-5-8;/h1-5,9,15H,6-7H2;1H. The van der Waals surface area contributed by atoms with Gasteiger partial charge in [-0.2, -0.15) is 4.98 Å². The van der Waals surface area contributed by atoms with Gasteiger partial charge in [0, 0.05) is 12.0 Å². The van der Waals surface area contributed by atoms with E-state index in [0.717, 1.165) is 5.56 Å². The third kappa shape index (κ3) is 2.90. The largest absolute Gasteiger partial charge is 0.337 e. The maximum atomic E-state index is 13.1. The summed E-state index contributed by atoms with van der Waals surface area (Å²) in [6.45, 7) is -0.347. The van der Waals surface area contributed by atoms with Gasteiger partial charge in [0.05, 0.1) is 12.6 Å². The molecule has 2 heterocycles. The molecule has 2 aromatic rings. The first-order valence-corrected chi connectivity index (χ1v) is 5.64. The van der Waals surface area contributed by atoms with Gasteiger partial charge in [0.25, 0.3) is 5.92 Å². The van der Waals surface area contributed by atoms with E-state index in [2.05, 4.69) is 15.5 Å². The molecule has 102 valence electrons. The molecule has 4 nitrogen and oxygen atoms in total. The zero-order valence-electron chi connectivity index (χ0n) is 9.85. The molecular weight excluding hydrogens is 276 g/mol. The van der Waals surface area contributed by atoms with E-state index in [4.69, 9.17) is 4.52 Å². The molecule has 1 fully saturated rings. The van der Waals surface area contributed by atoms with Crippen molar-refractivity contribution in [2.75, 3.05) is 6.54 Å². The SMILES string of the molecule is Cl.FC1(F)CNC(c2nc(-c3ccccc3)no2)C1. The van der Waals surface area contributed by atoms with Crippen LogP contribution in [-0.4, -0.2) is 22.6 Å². The Morgan fingerprint density at radius 2 is 2.00 bits per heavy atom. The summed E-state index contributed by atoms with van der Waals surface area (Å²) >= 11 is 0. The number of aromatic nitrogens is 2. The van der Waals surface area contributed by atoms with E-state index in [1.807, 2.05) is 30.3 Å². The van der Waals surface area contributed by atoms with E-state index in [-0.39, 0.29) is 31.3 Å². The van der Waals surface area contributed by atoms with Crippen LogP contribution in [0.2, 0.25) is 0 Å². The third-order valence-electron chi connectivity index (χ3n) is 2.88. The Kier molecular flexibility index (Phi) is 3.82. The fourth-order valence-electron chi connectivity index (χ4n) is 1.97. The van der Waals surface area contributed by atoms with Gasteiger partial charge in [-0.25, -0.2) is 8.78 Å². The molecule has 7 heteroatoms. The Morgan fingerprint density at radius 3 is 2.63 bits per heavy atom. The number of nitrogens with zero attached hydrogens (tertiary/aromatic N) is 2. The van der Waals surface area contributed by atoms with Gasteiger partial charge >= 0.3 is 0 Å². The normalized spacial score (nSPS) is 21.1. The molecule has 0 spiro atoms. The van der Waals surface area contributed by atoms with Gasteiger partial charge in [0.2, 0.25) is 11.7 Å². The van der Waals surface area contributed by atoms with Crippen LogP contribution in [0.5, 0.6) is 0 Å². The second-order valence-electron chi connectivity index (χ2n) is 4.32. The van der Waals surface area contributed by atoms with Gasteiger partial charge in [-0.05, 0) is 0 Å². The van der Waals surface area contributed by atoms with E-state index < -0.39 is 12.0 Å². The van der Waals surface area contributed by atoms with Gasteiger partial charge < -0.3 is 4.52 Å². The van der Waals surface area contributed by atoms with Crippen molar-refractivity contribution in [3.8, 4) is 11.4 Å². The number of hydrogen-bond acceptors (Lipinski definition) is 4. The lowest BCUT2D eigenvalue weighted by Gasteiger charge is -2.04. The molecule has 1 aromatic heterocycles. The molecular formula is C12H12ClF2N3O. The van der Waals surface area contributed by atoms with Gasteiger partial charge in [0.1, 0.15) is 0 Å². The molecule has 3 rings (SSSR count). The fraction of sp³-hybridized carbons (Fsp3) is 0.333. The zero-order chi connectivity index (χ0) is 12.6. The minimum Gasteiger partial charge on any atom is -0.337 e. The topological polar surface area (TPSA) is 51.0 Å². The molecule has 1 unspecified atom stereocenters. The average molecular weight is 288 g/mol. The van der Waals surface area contributed by atoms with Crippen molar-refractivity contribution in [3.63, 3.8) is 0 Å². The first kappa shape index (κ1) is 13.9. The smallest absolute Gasteiger partial charge is 0.262 e. The van der Waals surface area contributed by atoms with Crippen molar-refractivity contribution in [2.45, 2.75) is 18.4 Å². The minimum absolute atomic E-state index is 0. The molecule has 1 N–H and O–H groups in total. The van der Waals surface area contributed by atoms with Gasteiger partial charge in [0.15, 0.2) is 0 Å². The summed E-state index contributed by atoms with van der Waals surface area (Å²) in [5, 5.41) is 6.49. The molecule has 1 aliphatic rings. The van der Waals surface area contributed by atoms with Crippen molar-refractivity contribution in [1.29, 1.82) is 0 Å². The summed E-state index contributed by atoms with van der Waals surface area (Å²) < 4.78 is 31.2. The molecule has 0 saturated carbocycles. The Bertz CT molecular complexity index is 547. The maximum absolute atomic E-state index is 13.1. The first-order valence-electron chi connectivity index (χ1n) is 5.64. The highest BCUT2D eigenvalue weighted by Crippen LogP contribution is 2.33. The van der Waals surface area contributed by atoms with Crippen molar-refractivity contribution in [1.82, 2.24) is 15.5 Å². The molecule has 1 aromatic carbocycles. The van der Waals surface area contributed by atoms with E-state index in [1.165, 1.54) is 0 Å². The number of hydrogen-bond donors (Lipinski definition) is 1. The van der Waals surface area contributed by atoms with E-state index in [1.54, 1.807) is 0 Å². The molecule has 1 atom stereocenters. The zero-order valence-corrected chi connectivity index (χ0v) is 10.7. The summed E-state index contributed by atoms with van der Waals surface area (Å²) in [4.78, 5) is 4.15. The van der Waals surface area contributed by atoms with Crippen LogP contribution in [0.25, 0.3) is 11.4 Å². The number of alkyl halides is 2. The molecule has 0 radical (unpaired) electrons. The number of halogens is 3. The Balaban J connectivity index is 0.00000133. The van der Waals surface area contributed by atoms with Crippen molar-refractivity contribution in [2.24, 2.45) is 0 Å². The van der Waals surface area contributed by atoms with E-state index in [9.17, 15) is 8.78 Å². The first-order chi connectivity index (χ1) is 8.64. The van der Waals surface area contributed by atoms with Crippen molar-refractivity contribution < 1.29 is 13.3 Å². The quantitative estimate of drug-likeness (QED) is 0.923. The monoisotopic (exact) mass is 287 g/mol. The third-order valence-corrected chi connectivity index (χ3v) is 2.88. The second-order valence-corrected chi connectivity index (χ2v) is 4.32. The lowest BCUT2D eigenvalue weighted by molar-refractivity contribution is 0.0200. The van der Waals surface area contributed by atoms with Gasteiger partial charge in [-0.1, -0.05) is 35.5 Å². The minimum atomic E-state index is -2.70. The van der Waals surface area contributed by atoms with Crippen molar-refractivity contribution in [3.05, 3.63) is 36.2 Å². The van der Waals surface area contributed by atoms with Crippen LogP contribution in [-0.2, 0) is 0 Å². The highest BCUT2D eigenvalue weighted by molar-refractivity contribution is 5.85. The predicted octanol–water partition coefficient (Wildman–Crippen LogP) is 2.83. The summed E-state index contributed by atoms with van der Waals surface area (Å²) in [5.41, 5.74) is 0.803. The van der Waals surface area contributed by atoms with Gasteiger partial charge in [-0.3, -0.25) is 5.32 Å². The summed E-state index contributed by atoms with van der Waals surface area (Å²) in [5.74, 6) is -2.07. The summed E-state index contributed by atoms with van der Waals surface area (Å²) in [6, 6.07) is 8.70. The van der Waals surface area contributed by atoms with E-state index in [0.29, 0.717) is 5.82 Å². The van der Waals surface area contributed by atoms with Crippen LogP contribution >= 0.6 is 12.4 Å². The van der Waals surface area contributed by atoms with Crippen LogP contribution in [0.15, 0.2) is 34.9 Å². The molecule has 1 saturated heterocycles. The van der Waals surface area contributed by atoms with Crippen LogP contribution in [0.4, 0.5) is 8.78 Å². The maximum Gasteiger partial charge on any atom is 0.262 e. The number of benzene rings is 1.